The van der Waals surface area contributed by atoms with Crippen molar-refractivity contribution in [3.8, 4) is 0 Å². The summed E-state index contributed by atoms with van der Waals surface area (Å²) >= 11 is 0. The number of carbonyl (C=O) groups excluding carboxylic acids is 1. The highest BCUT2D eigenvalue weighted by Crippen LogP contribution is 2.12. The Kier molecular flexibility index (Phi) is 5.65. The molecule has 88 valence electrons. The van der Waals surface area contributed by atoms with Crippen LogP contribution in [-0.2, 0) is 9.53 Å². The van der Waals surface area contributed by atoms with Gasteiger partial charge in [0.15, 0.2) is 0 Å². The molecular formula is C11H22N2O2. The van der Waals surface area contributed by atoms with Crippen LogP contribution in [0.5, 0.6) is 0 Å². The molecule has 1 saturated heterocycles. The van der Waals surface area contributed by atoms with Crippen molar-refractivity contribution in [3.63, 3.8) is 0 Å². The van der Waals surface area contributed by atoms with E-state index in [0.717, 1.165) is 26.0 Å². The molecule has 15 heavy (non-hydrogen) atoms. The lowest BCUT2D eigenvalue weighted by Crippen LogP contribution is -2.39. The third-order valence-corrected chi connectivity index (χ3v) is 2.64. The van der Waals surface area contributed by atoms with Gasteiger partial charge in [-0.25, -0.2) is 0 Å². The highest BCUT2D eigenvalue weighted by molar-refractivity contribution is 5.75. The van der Waals surface area contributed by atoms with Crippen molar-refractivity contribution in [1.29, 1.82) is 0 Å². The maximum Gasteiger partial charge on any atom is 0.221 e. The van der Waals surface area contributed by atoms with Gasteiger partial charge in [0.25, 0.3) is 0 Å². The fourth-order valence-corrected chi connectivity index (χ4v) is 1.86. The van der Waals surface area contributed by atoms with Crippen molar-refractivity contribution in [2.24, 2.45) is 0 Å². The quantitative estimate of drug-likeness (QED) is 0.707. The van der Waals surface area contributed by atoms with Gasteiger partial charge < -0.3 is 15.4 Å². The summed E-state index contributed by atoms with van der Waals surface area (Å²) in [7, 11) is 0. The Morgan fingerprint density at radius 3 is 3.00 bits per heavy atom. The molecule has 1 heterocycles. The molecule has 1 aliphatic heterocycles. The van der Waals surface area contributed by atoms with Crippen LogP contribution in [0.1, 0.15) is 33.1 Å². The molecule has 0 radical (unpaired) electrons. The molecule has 2 N–H and O–H groups in total. The summed E-state index contributed by atoms with van der Waals surface area (Å²) in [4.78, 5) is 11.2. The van der Waals surface area contributed by atoms with Gasteiger partial charge in [-0.2, -0.15) is 0 Å². The van der Waals surface area contributed by atoms with Gasteiger partial charge in [0.2, 0.25) is 5.91 Å². The SMILES string of the molecule is CCNC(=O)CCNC1CCOC(C)C1. The summed E-state index contributed by atoms with van der Waals surface area (Å²) in [5.41, 5.74) is 0. The van der Waals surface area contributed by atoms with Crippen LogP contribution in [0.15, 0.2) is 0 Å². The first kappa shape index (κ1) is 12.5. The summed E-state index contributed by atoms with van der Waals surface area (Å²) in [5, 5.41) is 6.19. The average Bonchev–Trinajstić information content (AvgIpc) is 2.18. The lowest BCUT2D eigenvalue weighted by molar-refractivity contribution is -0.120. The van der Waals surface area contributed by atoms with Crippen molar-refractivity contribution < 1.29 is 9.53 Å². The minimum atomic E-state index is 0.130. The largest absolute Gasteiger partial charge is 0.378 e. The maximum atomic E-state index is 11.2. The third-order valence-electron chi connectivity index (χ3n) is 2.64. The Labute approximate surface area is 91.8 Å². The molecule has 1 amide bonds. The Hall–Kier alpha value is -0.610. The van der Waals surface area contributed by atoms with E-state index in [1.165, 1.54) is 0 Å². The second-order valence-electron chi connectivity index (χ2n) is 4.06. The van der Waals surface area contributed by atoms with Crippen LogP contribution in [0.2, 0.25) is 0 Å². The molecule has 0 aromatic rings. The van der Waals surface area contributed by atoms with Crippen LogP contribution in [-0.4, -0.2) is 37.7 Å². The maximum absolute atomic E-state index is 11.2. The van der Waals surface area contributed by atoms with Gasteiger partial charge in [-0.05, 0) is 26.7 Å². The van der Waals surface area contributed by atoms with Crippen LogP contribution < -0.4 is 10.6 Å². The van der Waals surface area contributed by atoms with Crippen molar-refractivity contribution in [2.45, 2.75) is 45.3 Å². The van der Waals surface area contributed by atoms with Gasteiger partial charge in [-0.15, -0.1) is 0 Å². The molecule has 0 aromatic carbocycles. The standard InChI is InChI=1S/C11H22N2O2/c1-3-12-11(14)4-6-13-10-5-7-15-9(2)8-10/h9-10,13H,3-8H2,1-2H3,(H,12,14). The van der Waals surface area contributed by atoms with E-state index in [4.69, 9.17) is 4.74 Å². The predicted molar refractivity (Wildman–Crippen MR) is 59.7 cm³/mol. The Bertz CT molecular complexity index is 197. The van der Waals surface area contributed by atoms with E-state index in [-0.39, 0.29) is 5.91 Å². The van der Waals surface area contributed by atoms with E-state index >= 15 is 0 Å². The van der Waals surface area contributed by atoms with Gasteiger partial charge in [-0.1, -0.05) is 0 Å². The van der Waals surface area contributed by atoms with Crippen molar-refractivity contribution in [2.75, 3.05) is 19.7 Å². The lowest BCUT2D eigenvalue weighted by atomic mass is 10.0. The summed E-state index contributed by atoms with van der Waals surface area (Å²) in [6, 6.07) is 0.517. The molecule has 1 fully saturated rings. The number of ether oxygens (including phenoxy) is 1. The Balaban J connectivity index is 2.06. The number of amides is 1. The molecule has 2 atom stereocenters. The van der Waals surface area contributed by atoms with E-state index < -0.39 is 0 Å². The zero-order chi connectivity index (χ0) is 11.1. The molecule has 1 rings (SSSR count). The zero-order valence-corrected chi connectivity index (χ0v) is 9.71. The van der Waals surface area contributed by atoms with Crippen LogP contribution in [0.4, 0.5) is 0 Å². The number of hydrogen-bond acceptors (Lipinski definition) is 3. The van der Waals surface area contributed by atoms with Gasteiger partial charge in [0, 0.05) is 32.2 Å². The van der Waals surface area contributed by atoms with Gasteiger partial charge >= 0.3 is 0 Å². The Morgan fingerprint density at radius 2 is 2.33 bits per heavy atom. The molecule has 0 aliphatic carbocycles. The topological polar surface area (TPSA) is 50.4 Å². The van der Waals surface area contributed by atoms with Crippen molar-refractivity contribution in [3.05, 3.63) is 0 Å². The minimum Gasteiger partial charge on any atom is -0.378 e. The monoisotopic (exact) mass is 214 g/mol. The molecule has 1 aliphatic rings. The van der Waals surface area contributed by atoms with E-state index in [1.54, 1.807) is 0 Å². The van der Waals surface area contributed by atoms with E-state index in [9.17, 15) is 4.79 Å². The van der Waals surface area contributed by atoms with Crippen molar-refractivity contribution in [1.82, 2.24) is 10.6 Å². The summed E-state index contributed by atoms with van der Waals surface area (Å²) < 4.78 is 5.45. The highest BCUT2D eigenvalue weighted by atomic mass is 16.5. The number of nitrogens with one attached hydrogen (secondary N) is 2. The van der Waals surface area contributed by atoms with Crippen LogP contribution in [0.3, 0.4) is 0 Å². The lowest BCUT2D eigenvalue weighted by Gasteiger charge is -2.27. The van der Waals surface area contributed by atoms with E-state index in [0.29, 0.717) is 25.1 Å². The molecule has 4 heteroatoms. The second-order valence-corrected chi connectivity index (χ2v) is 4.06. The minimum absolute atomic E-state index is 0.130. The molecular weight excluding hydrogens is 192 g/mol. The van der Waals surface area contributed by atoms with Gasteiger partial charge in [-0.3, -0.25) is 4.79 Å². The number of carbonyl (C=O) groups is 1. The summed E-state index contributed by atoms with van der Waals surface area (Å²) in [6.45, 7) is 6.35. The van der Waals surface area contributed by atoms with E-state index in [2.05, 4.69) is 17.6 Å². The van der Waals surface area contributed by atoms with Crippen LogP contribution >= 0.6 is 0 Å². The molecule has 2 unspecified atom stereocenters. The summed E-state index contributed by atoms with van der Waals surface area (Å²) in [5.74, 6) is 0.130. The average molecular weight is 214 g/mol. The number of rotatable bonds is 5. The summed E-state index contributed by atoms with van der Waals surface area (Å²) in [6.07, 6.45) is 3.02. The van der Waals surface area contributed by atoms with E-state index in [1.807, 2.05) is 6.92 Å². The normalized spacial score (nSPS) is 26.3. The molecule has 0 aromatic heterocycles. The fourth-order valence-electron chi connectivity index (χ4n) is 1.86. The van der Waals surface area contributed by atoms with Crippen LogP contribution in [0.25, 0.3) is 0 Å². The first-order valence-electron chi connectivity index (χ1n) is 5.84. The zero-order valence-electron chi connectivity index (χ0n) is 9.71. The first-order chi connectivity index (χ1) is 7.22. The fraction of sp³-hybridized carbons (Fsp3) is 0.909. The highest BCUT2D eigenvalue weighted by Gasteiger charge is 2.18. The smallest absolute Gasteiger partial charge is 0.221 e. The predicted octanol–water partition coefficient (Wildman–Crippen LogP) is 0.670. The first-order valence-corrected chi connectivity index (χ1v) is 5.84. The Morgan fingerprint density at radius 1 is 1.53 bits per heavy atom. The van der Waals surface area contributed by atoms with Crippen molar-refractivity contribution >= 4 is 5.91 Å². The number of hydrogen-bond donors (Lipinski definition) is 2. The molecule has 4 nitrogen and oxygen atoms in total. The molecule has 0 saturated carbocycles. The third kappa shape index (κ3) is 5.14. The van der Waals surface area contributed by atoms with Gasteiger partial charge in [0.1, 0.15) is 0 Å². The van der Waals surface area contributed by atoms with Crippen LogP contribution in [0, 0.1) is 0 Å². The van der Waals surface area contributed by atoms with Gasteiger partial charge in [0.05, 0.1) is 6.10 Å². The molecule has 0 spiro atoms. The second kappa shape index (κ2) is 6.80. The molecule has 0 bridgehead atoms.